The minimum absolute atomic E-state index is 0.0108. The predicted octanol–water partition coefficient (Wildman–Crippen LogP) is 2.82. The van der Waals surface area contributed by atoms with Crippen molar-refractivity contribution >= 4 is 21.4 Å². The Balaban J connectivity index is 2.55. The first-order valence-electron chi connectivity index (χ1n) is 6.82. The highest BCUT2D eigenvalue weighted by Crippen LogP contribution is 2.31. The average molecular weight is 336 g/mol. The molecule has 2 aromatic carbocycles. The molecule has 0 bridgehead atoms. The van der Waals surface area contributed by atoms with E-state index in [1.54, 1.807) is 37.3 Å². The molecule has 2 rings (SSSR count). The topological polar surface area (TPSA) is 89.8 Å². The van der Waals surface area contributed by atoms with Crippen molar-refractivity contribution in [3.8, 4) is 5.75 Å². The van der Waals surface area contributed by atoms with Crippen LogP contribution in [0.2, 0.25) is 0 Å². The number of benzene rings is 2. The van der Waals surface area contributed by atoms with Gasteiger partial charge in [-0.1, -0.05) is 18.2 Å². The van der Waals surface area contributed by atoms with Gasteiger partial charge in [-0.15, -0.1) is 0 Å². The third-order valence-corrected chi connectivity index (χ3v) is 5.17. The third kappa shape index (κ3) is 3.26. The molecule has 0 aliphatic rings. The van der Waals surface area contributed by atoms with E-state index in [0.717, 1.165) is 6.07 Å². The minimum Gasteiger partial charge on any atom is -0.490 e. The lowest BCUT2D eigenvalue weighted by Crippen LogP contribution is -2.30. The number of ether oxygens (including phenoxy) is 1. The van der Waals surface area contributed by atoms with Gasteiger partial charge in [-0.2, -0.15) is 0 Å². The molecule has 23 heavy (non-hydrogen) atoms. The van der Waals surface area contributed by atoms with Crippen LogP contribution in [-0.2, 0) is 10.0 Å². The lowest BCUT2D eigenvalue weighted by Gasteiger charge is -2.22. The van der Waals surface area contributed by atoms with E-state index >= 15 is 0 Å². The van der Waals surface area contributed by atoms with Crippen LogP contribution in [0.25, 0.3) is 0 Å². The number of nitrogens with zero attached hydrogens (tertiary/aromatic N) is 2. The lowest BCUT2D eigenvalue weighted by atomic mass is 10.3. The Morgan fingerprint density at radius 2 is 1.83 bits per heavy atom. The molecule has 0 saturated carbocycles. The van der Waals surface area contributed by atoms with E-state index in [2.05, 4.69) is 0 Å². The zero-order valence-corrected chi connectivity index (χ0v) is 13.5. The average Bonchev–Trinajstić information content (AvgIpc) is 2.55. The van der Waals surface area contributed by atoms with Gasteiger partial charge in [0, 0.05) is 12.6 Å². The molecule has 0 aliphatic heterocycles. The summed E-state index contributed by atoms with van der Waals surface area (Å²) in [6.07, 6.45) is 0. The van der Waals surface area contributed by atoms with Gasteiger partial charge in [0.05, 0.1) is 22.6 Å². The summed E-state index contributed by atoms with van der Waals surface area (Å²) in [5, 5.41) is 11.1. The number of anilines is 1. The number of nitro benzene ring substituents is 1. The third-order valence-electron chi connectivity index (χ3n) is 3.27. The Kier molecular flexibility index (Phi) is 4.85. The molecular formula is C15H16N2O5S. The van der Waals surface area contributed by atoms with Gasteiger partial charge in [-0.05, 0) is 31.2 Å². The Morgan fingerprint density at radius 3 is 2.35 bits per heavy atom. The summed E-state index contributed by atoms with van der Waals surface area (Å²) in [6, 6.07) is 12.2. The van der Waals surface area contributed by atoms with Crippen LogP contribution < -0.4 is 9.04 Å². The summed E-state index contributed by atoms with van der Waals surface area (Å²) < 4.78 is 31.7. The molecule has 0 aliphatic carbocycles. The van der Waals surface area contributed by atoms with Crippen LogP contribution in [0.5, 0.6) is 5.75 Å². The van der Waals surface area contributed by atoms with Crippen LogP contribution in [0, 0.1) is 10.1 Å². The van der Waals surface area contributed by atoms with Crippen molar-refractivity contribution in [2.45, 2.75) is 11.8 Å². The Bertz CT molecular complexity index is 806. The summed E-state index contributed by atoms with van der Waals surface area (Å²) in [5.74, 6) is 0.0108. The van der Waals surface area contributed by atoms with Crippen molar-refractivity contribution in [3.63, 3.8) is 0 Å². The van der Waals surface area contributed by atoms with Gasteiger partial charge in [-0.3, -0.25) is 14.4 Å². The molecular weight excluding hydrogens is 320 g/mol. The molecule has 0 spiro atoms. The number of hydrogen-bond donors (Lipinski definition) is 0. The number of nitro groups is 1. The molecule has 8 heteroatoms. The summed E-state index contributed by atoms with van der Waals surface area (Å²) in [6.45, 7) is 1.90. The fourth-order valence-corrected chi connectivity index (χ4v) is 3.68. The molecule has 2 aromatic rings. The number of sulfonamides is 1. The maximum atomic E-state index is 12.8. The van der Waals surface area contributed by atoms with Gasteiger partial charge in [0.15, 0.2) is 5.75 Å². The van der Waals surface area contributed by atoms with Gasteiger partial charge in [-0.25, -0.2) is 8.42 Å². The van der Waals surface area contributed by atoms with Crippen LogP contribution in [0.15, 0.2) is 53.4 Å². The number of hydrogen-bond acceptors (Lipinski definition) is 5. The Hall–Kier alpha value is -2.61. The van der Waals surface area contributed by atoms with Crippen molar-refractivity contribution in [1.29, 1.82) is 0 Å². The molecule has 0 amide bonds. The molecule has 0 atom stereocenters. The normalized spacial score (nSPS) is 11.0. The molecule has 0 fully saturated rings. The number of rotatable bonds is 6. The van der Waals surface area contributed by atoms with E-state index in [1.807, 2.05) is 0 Å². The lowest BCUT2D eigenvalue weighted by molar-refractivity contribution is -0.386. The van der Waals surface area contributed by atoms with Gasteiger partial charge in [0.1, 0.15) is 0 Å². The fraction of sp³-hybridized carbons (Fsp3) is 0.200. The van der Waals surface area contributed by atoms with Crippen LogP contribution in [0.1, 0.15) is 6.92 Å². The maximum Gasteiger partial charge on any atom is 0.312 e. The summed E-state index contributed by atoms with van der Waals surface area (Å²) in [4.78, 5) is 10.3. The monoisotopic (exact) mass is 336 g/mol. The minimum atomic E-state index is -3.91. The zero-order valence-electron chi connectivity index (χ0n) is 12.7. The molecule has 0 unspecified atom stereocenters. The van der Waals surface area contributed by atoms with Crippen molar-refractivity contribution in [2.24, 2.45) is 0 Å². The van der Waals surface area contributed by atoms with Crippen LogP contribution in [0.3, 0.4) is 0 Å². The standard InChI is InChI=1S/C15H16N2O5S/c1-3-16(12-7-5-4-6-8-12)23(20,21)13-9-10-15(22-2)14(11-13)17(18)19/h4-11H,3H2,1-2H3. The van der Waals surface area contributed by atoms with E-state index in [0.29, 0.717) is 5.69 Å². The quantitative estimate of drug-likeness (QED) is 0.597. The first-order valence-corrected chi connectivity index (χ1v) is 8.26. The van der Waals surface area contributed by atoms with Crippen molar-refractivity contribution in [2.75, 3.05) is 18.0 Å². The van der Waals surface area contributed by atoms with Gasteiger partial charge >= 0.3 is 5.69 Å². The van der Waals surface area contributed by atoms with E-state index in [1.165, 1.54) is 23.5 Å². The first-order chi connectivity index (χ1) is 10.9. The second kappa shape index (κ2) is 6.66. The Labute approximate surface area is 134 Å². The summed E-state index contributed by atoms with van der Waals surface area (Å²) in [7, 11) is -2.62. The van der Waals surface area contributed by atoms with Crippen LogP contribution in [0.4, 0.5) is 11.4 Å². The second-order valence-electron chi connectivity index (χ2n) is 4.60. The highest BCUT2D eigenvalue weighted by molar-refractivity contribution is 7.92. The van der Waals surface area contributed by atoms with Gasteiger partial charge < -0.3 is 4.74 Å². The molecule has 122 valence electrons. The molecule has 0 heterocycles. The maximum absolute atomic E-state index is 12.8. The van der Waals surface area contributed by atoms with Crippen molar-refractivity contribution in [1.82, 2.24) is 0 Å². The van der Waals surface area contributed by atoms with Gasteiger partial charge in [0.2, 0.25) is 0 Å². The fourth-order valence-electron chi connectivity index (χ4n) is 2.19. The molecule has 0 saturated heterocycles. The predicted molar refractivity (Wildman–Crippen MR) is 86.3 cm³/mol. The van der Waals surface area contributed by atoms with Crippen LogP contribution >= 0.6 is 0 Å². The molecule has 0 N–H and O–H groups in total. The first kappa shape index (κ1) is 16.8. The second-order valence-corrected chi connectivity index (χ2v) is 6.46. The molecule has 0 radical (unpaired) electrons. The van der Waals surface area contributed by atoms with E-state index in [4.69, 9.17) is 4.74 Å². The smallest absolute Gasteiger partial charge is 0.312 e. The van der Waals surface area contributed by atoms with Crippen molar-refractivity contribution in [3.05, 3.63) is 58.6 Å². The van der Waals surface area contributed by atoms with E-state index < -0.39 is 20.6 Å². The molecule has 7 nitrogen and oxygen atoms in total. The van der Waals surface area contributed by atoms with Crippen LogP contribution in [-0.4, -0.2) is 27.0 Å². The SMILES string of the molecule is CCN(c1ccccc1)S(=O)(=O)c1ccc(OC)c([N+](=O)[O-])c1. The Morgan fingerprint density at radius 1 is 1.17 bits per heavy atom. The van der Waals surface area contributed by atoms with Crippen molar-refractivity contribution < 1.29 is 18.1 Å². The summed E-state index contributed by atoms with van der Waals surface area (Å²) >= 11 is 0. The van der Waals surface area contributed by atoms with E-state index in [9.17, 15) is 18.5 Å². The summed E-state index contributed by atoms with van der Waals surface area (Å²) in [5.41, 5.74) is 0.103. The zero-order chi connectivity index (χ0) is 17.0. The number of methoxy groups -OCH3 is 1. The highest BCUT2D eigenvalue weighted by Gasteiger charge is 2.27. The molecule has 0 aromatic heterocycles. The largest absolute Gasteiger partial charge is 0.490 e. The van der Waals surface area contributed by atoms with E-state index in [-0.39, 0.29) is 17.2 Å². The van der Waals surface area contributed by atoms with Gasteiger partial charge in [0.25, 0.3) is 10.0 Å². The number of para-hydroxylation sites is 1. The highest BCUT2D eigenvalue weighted by atomic mass is 32.2.